The van der Waals surface area contributed by atoms with Crippen LogP contribution in [0.1, 0.15) is 29.9 Å². The van der Waals surface area contributed by atoms with Crippen LogP contribution in [0.25, 0.3) is 5.78 Å². The fourth-order valence-electron chi connectivity index (χ4n) is 4.27. The molecule has 0 unspecified atom stereocenters. The number of benzene rings is 1. The predicted molar refractivity (Wildman–Crippen MR) is 103 cm³/mol. The number of nitrogens with zero attached hydrogens (tertiary/aromatic N) is 6. The summed E-state index contributed by atoms with van der Waals surface area (Å²) in [5.74, 6) is 2.46. The molecular weight excluding hydrogens is 343 g/mol. The molecule has 0 amide bonds. The average molecular weight is 366 g/mol. The van der Waals surface area contributed by atoms with Crippen LogP contribution in [0.15, 0.2) is 24.3 Å². The van der Waals surface area contributed by atoms with Gasteiger partial charge in [-0.2, -0.15) is 9.50 Å². The van der Waals surface area contributed by atoms with Crippen LogP contribution in [0.5, 0.6) is 0 Å². The summed E-state index contributed by atoms with van der Waals surface area (Å²) >= 11 is 0. The van der Waals surface area contributed by atoms with Crippen molar-refractivity contribution in [3.63, 3.8) is 0 Å². The number of piperazine rings is 1. The van der Waals surface area contributed by atoms with Gasteiger partial charge in [-0.15, -0.1) is 5.10 Å². The normalized spacial score (nSPS) is 17.4. The Balaban J connectivity index is 1.47. The molecule has 6 nitrogen and oxygen atoms in total. The summed E-state index contributed by atoms with van der Waals surface area (Å²) in [6.45, 7) is 5.53. The van der Waals surface area contributed by atoms with E-state index in [9.17, 15) is 4.39 Å². The molecule has 7 heteroatoms. The van der Waals surface area contributed by atoms with Crippen LogP contribution in [0, 0.1) is 12.7 Å². The van der Waals surface area contributed by atoms with Gasteiger partial charge in [0.25, 0.3) is 5.78 Å². The van der Waals surface area contributed by atoms with Crippen LogP contribution >= 0.6 is 0 Å². The number of aromatic nitrogens is 4. The molecule has 0 radical (unpaired) electrons. The molecule has 1 fully saturated rings. The molecule has 0 bridgehead atoms. The van der Waals surface area contributed by atoms with E-state index in [-0.39, 0.29) is 5.82 Å². The molecule has 2 aliphatic rings. The van der Waals surface area contributed by atoms with Gasteiger partial charge in [0, 0.05) is 37.4 Å². The van der Waals surface area contributed by atoms with E-state index in [1.54, 1.807) is 0 Å². The second kappa shape index (κ2) is 6.48. The van der Waals surface area contributed by atoms with Gasteiger partial charge in [0.1, 0.15) is 17.5 Å². The first-order chi connectivity index (χ1) is 13.2. The second-order valence-electron chi connectivity index (χ2n) is 7.39. The topological polar surface area (TPSA) is 49.6 Å². The molecule has 27 heavy (non-hydrogen) atoms. The van der Waals surface area contributed by atoms with Crippen LogP contribution in [0.2, 0.25) is 0 Å². The van der Waals surface area contributed by atoms with Gasteiger partial charge in [0.15, 0.2) is 0 Å². The summed E-state index contributed by atoms with van der Waals surface area (Å²) in [6.07, 6.45) is 4.49. The number of fused-ring (bicyclic) bond motifs is 2. The summed E-state index contributed by atoms with van der Waals surface area (Å²) in [5, 5.41) is 4.63. The van der Waals surface area contributed by atoms with E-state index in [1.165, 1.54) is 42.0 Å². The van der Waals surface area contributed by atoms with E-state index in [4.69, 9.17) is 4.98 Å². The van der Waals surface area contributed by atoms with Crippen molar-refractivity contribution in [2.45, 2.75) is 32.6 Å². The Kier molecular flexibility index (Phi) is 3.95. The number of aryl methyl sites for hydroxylation is 2. The van der Waals surface area contributed by atoms with Gasteiger partial charge in [-0.1, -0.05) is 0 Å². The van der Waals surface area contributed by atoms with Gasteiger partial charge in [-0.3, -0.25) is 0 Å². The highest BCUT2D eigenvalue weighted by Crippen LogP contribution is 2.31. The fourth-order valence-corrected chi connectivity index (χ4v) is 4.27. The quantitative estimate of drug-likeness (QED) is 0.698. The molecule has 140 valence electrons. The Labute approximate surface area is 157 Å². The number of rotatable bonds is 2. The smallest absolute Gasteiger partial charge is 0.254 e. The minimum absolute atomic E-state index is 0.190. The van der Waals surface area contributed by atoms with Gasteiger partial charge < -0.3 is 9.80 Å². The molecule has 3 aromatic rings. The van der Waals surface area contributed by atoms with Gasteiger partial charge >= 0.3 is 0 Å². The zero-order valence-corrected chi connectivity index (χ0v) is 15.5. The SMILES string of the molecule is Cc1nc2nc3c(c(N4CCN(c5ccc(F)cc5)CC4)n2n1)CCCC3. The summed E-state index contributed by atoms with van der Waals surface area (Å²) in [6, 6.07) is 6.78. The Morgan fingerprint density at radius 1 is 0.889 bits per heavy atom. The summed E-state index contributed by atoms with van der Waals surface area (Å²) in [7, 11) is 0. The molecule has 0 saturated carbocycles. The van der Waals surface area contributed by atoms with Crippen LogP contribution in [0.4, 0.5) is 15.9 Å². The van der Waals surface area contributed by atoms with Crippen LogP contribution < -0.4 is 9.80 Å². The van der Waals surface area contributed by atoms with E-state index < -0.39 is 0 Å². The molecule has 1 aliphatic carbocycles. The van der Waals surface area contributed by atoms with Crippen molar-refractivity contribution in [1.82, 2.24) is 19.6 Å². The monoisotopic (exact) mass is 366 g/mol. The fraction of sp³-hybridized carbons (Fsp3) is 0.450. The van der Waals surface area contributed by atoms with E-state index in [2.05, 4.69) is 19.9 Å². The van der Waals surface area contributed by atoms with Crippen molar-refractivity contribution >= 4 is 17.3 Å². The summed E-state index contributed by atoms with van der Waals surface area (Å²) in [4.78, 5) is 14.0. The number of anilines is 2. The van der Waals surface area contributed by atoms with Crippen molar-refractivity contribution in [2.75, 3.05) is 36.0 Å². The lowest BCUT2D eigenvalue weighted by Gasteiger charge is -2.38. The van der Waals surface area contributed by atoms with Crippen LogP contribution in [-0.4, -0.2) is 45.8 Å². The first-order valence-corrected chi connectivity index (χ1v) is 9.69. The van der Waals surface area contributed by atoms with Gasteiger partial charge in [-0.25, -0.2) is 9.37 Å². The van der Waals surface area contributed by atoms with E-state index in [0.717, 1.165) is 50.5 Å². The van der Waals surface area contributed by atoms with Crippen molar-refractivity contribution in [3.05, 3.63) is 47.2 Å². The molecule has 0 spiro atoms. The number of halogens is 1. The molecule has 2 aromatic heterocycles. The highest BCUT2D eigenvalue weighted by molar-refractivity contribution is 5.57. The highest BCUT2D eigenvalue weighted by atomic mass is 19.1. The Bertz CT molecular complexity index is 972. The maximum atomic E-state index is 13.2. The Morgan fingerprint density at radius 3 is 2.37 bits per heavy atom. The second-order valence-corrected chi connectivity index (χ2v) is 7.39. The zero-order chi connectivity index (χ0) is 18.4. The van der Waals surface area contributed by atoms with Crippen LogP contribution in [0.3, 0.4) is 0 Å². The standard InChI is InChI=1S/C20H23FN6/c1-14-22-20-23-18-5-3-2-4-17(18)19(27(20)24-14)26-12-10-25(11-13-26)16-8-6-15(21)7-9-16/h6-9H,2-5,10-13H2,1H3. The minimum atomic E-state index is -0.190. The predicted octanol–water partition coefficient (Wildman–Crippen LogP) is 2.78. The maximum Gasteiger partial charge on any atom is 0.254 e. The third kappa shape index (κ3) is 2.91. The lowest BCUT2D eigenvalue weighted by atomic mass is 9.96. The van der Waals surface area contributed by atoms with Gasteiger partial charge in [-0.05, 0) is 56.9 Å². The van der Waals surface area contributed by atoms with Crippen molar-refractivity contribution in [3.8, 4) is 0 Å². The van der Waals surface area contributed by atoms with Crippen molar-refractivity contribution < 1.29 is 4.39 Å². The zero-order valence-electron chi connectivity index (χ0n) is 15.5. The maximum absolute atomic E-state index is 13.2. The lowest BCUT2D eigenvalue weighted by Crippen LogP contribution is -2.47. The van der Waals surface area contributed by atoms with Crippen LogP contribution in [-0.2, 0) is 12.8 Å². The molecule has 0 atom stereocenters. The van der Waals surface area contributed by atoms with Gasteiger partial charge in [0.05, 0.1) is 5.69 Å². The molecule has 1 saturated heterocycles. The highest BCUT2D eigenvalue weighted by Gasteiger charge is 2.26. The third-order valence-corrected chi connectivity index (χ3v) is 5.61. The first-order valence-electron chi connectivity index (χ1n) is 9.69. The summed E-state index contributed by atoms with van der Waals surface area (Å²) < 4.78 is 15.1. The van der Waals surface area contributed by atoms with E-state index in [0.29, 0.717) is 5.78 Å². The lowest BCUT2D eigenvalue weighted by molar-refractivity contribution is 0.611. The molecule has 1 aromatic carbocycles. The van der Waals surface area contributed by atoms with E-state index in [1.807, 2.05) is 23.6 Å². The summed E-state index contributed by atoms with van der Waals surface area (Å²) in [5.41, 5.74) is 3.61. The third-order valence-electron chi connectivity index (χ3n) is 5.61. The molecule has 0 N–H and O–H groups in total. The minimum Gasteiger partial charge on any atom is -0.368 e. The Morgan fingerprint density at radius 2 is 1.59 bits per heavy atom. The van der Waals surface area contributed by atoms with E-state index >= 15 is 0 Å². The first kappa shape index (κ1) is 16.5. The average Bonchev–Trinajstić information content (AvgIpc) is 3.06. The van der Waals surface area contributed by atoms with Crippen molar-refractivity contribution in [1.29, 1.82) is 0 Å². The largest absolute Gasteiger partial charge is 0.368 e. The van der Waals surface area contributed by atoms with Gasteiger partial charge in [0.2, 0.25) is 0 Å². The van der Waals surface area contributed by atoms with Crippen molar-refractivity contribution in [2.24, 2.45) is 0 Å². The molecular formula is C20H23FN6. The Hall–Kier alpha value is -2.70. The molecule has 1 aliphatic heterocycles. The molecule has 3 heterocycles. The number of hydrogen-bond donors (Lipinski definition) is 0. The molecule has 5 rings (SSSR count). The number of hydrogen-bond acceptors (Lipinski definition) is 5.